The van der Waals surface area contributed by atoms with E-state index in [1.165, 1.54) is 11.8 Å². The Balaban J connectivity index is 1.45. The third-order valence-corrected chi connectivity index (χ3v) is 7.44. The van der Waals surface area contributed by atoms with Gasteiger partial charge in [0.2, 0.25) is 6.79 Å². The topological polar surface area (TPSA) is 75.3 Å². The summed E-state index contributed by atoms with van der Waals surface area (Å²) in [5.41, 5.74) is 3.96. The number of benzene rings is 2. The maximum atomic E-state index is 13.3. The van der Waals surface area contributed by atoms with Gasteiger partial charge in [-0.2, -0.15) is 0 Å². The number of hydrogen-bond acceptors (Lipinski definition) is 6. The molecule has 2 aromatic carbocycles. The molecule has 7 nitrogen and oxygen atoms in total. The minimum absolute atomic E-state index is 0.00629. The Bertz CT molecular complexity index is 1500. The van der Waals surface area contributed by atoms with Crippen molar-refractivity contribution < 1.29 is 14.3 Å². The molecule has 0 amide bonds. The summed E-state index contributed by atoms with van der Waals surface area (Å²) in [5, 5.41) is 1.16. The molecule has 0 radical (unpaired) electrons. The fraction of sp³-hybridized carbons (Fsp3) is 0.296. The van der Waals surface area contributed by atoms with Crippen LogP contribution < -0.4 is 15.0 Å². The lowest BCUT2D eigenvalue weighted by atomic mass is 10.2. The van der Waals surface area contributed by atoms with Crippen molar-refractivity contribution in [3.63, 3.8) is 0 Å². The first-order valence-corrected chi connectivity index (χ1v) is 12.6. The molecule has 0 fully saturated rings. The van der Waals surface area contributed by atoms with Crippen molar-refractivity contribution in [2.24, 2.45) is 0 Å². The number of aromatic nitrogens is 3. The van der Waals surface area contributed by atoms with E-state index in [0.29, 0.717) is 27.4 Å². The van der Waals surface area contributed by atoms with Gasteiger partial charge in [0.25, 0.3) is 5.56 Å². The van der Waals surface area contributed by atoms with Crippen LogP contribution in [0.3, 0.4) is 0 Å². The number of para-hydroxylation sites is 1. The number of carbonyl (C=O) groups excluding carboxylic acids is 1. The predicted molar refractivity (Wildman–Crippen MR) is 137 cm³/mol. The molecule has 0 saturated heterocycles. The van der Waals surface area contributed by atoms with Gasteiger partial charge in [-0.1, -0.05) is 30.8 Å². The highest BCUT2D eigenvalue weighted by molar-refractivity contribution is 7.99. The molecule has 0 saturated carbocycles. The van der Waals surface area contributed by atoms with E-state index in [4.69, 9.17) is 14.5 Å². The molecule has 4 aromatic rings. The number of carbonyl (C=O) groups is 1. The number of hydrogen-bond donors (Lipinski definition) is 0. The maximum Gasteiger partial charge on any atom is 0.262 e. The highest BCUT2D eigenvalue weighted by atomic mass is 32.2. The second-order valence-corrected chi connectivity index (χ2v) is 9.66. The van der Waals surface area contributed by atoms with Crippen molar-refractivity contribution in [3.8, 4) is 17.2 Å². The molecule has 1 aliphatic heterocycles. The van der Waals surface area contributed by atoms with Crippen LogP contribution in [0, 0.1) is 13.8 Å². The molecule has 0 N–H and O–H groups in total. The molecule has 0 aliphatic carbocycles. The smallest absolute Gasteiger partial charge is 0.262 e. The van der Waals surface area contributed by atoms with Crippen LogP contribution in [-0.2, 0) is 0 Å². The molecule has 3 heterocycles. The second-order valence-electron chi connectivity index (χ2n) is 8.71. The van der Waals surface area contributed by atoms with Crippen LogP contribution in [-0.4, -0.2) is 32.4 Å². The molecule has 8 heteroatoms. The van der Waals surface area contributed by atoms with Gasteiger partial charge in [-0.25, -0.2) is 4.98 Å². The van der Waals surface area contributed by atoms with Crippen LogP contribution in [0.5, 0.6) is 11.5 Å². The molecule has 5 rings (SSSR count). The third kappa shape index (κ3) is 4.12. The summed E-state index contributed by atoms with van der Waals surface area (Å²) in [6, 6.07) is 15.0. The molecule has 1 unspecified atom stereocenters. The number of fused-ring (bicyclic) bond motifs is 2. The van der Waals surface area contributed by atoms with Gasteiger partial charge in [-0.3, -0.25) is 14.2 Å². The fourth-order valence-electron chi connectivity index (χ4n) is 4.47. The zero-order valence-corrected chi connectivity index (χ0v) is 21.0. The van der Waals surface area contributed by atoms with Crippen molar-refractivity contribution in [3.05, 3.63) is 75.8 Å². The number of rotatable bonds is 7. The third-order valence-electron chi connectivity index (χ3n) is 6.49. The quantitative estimate of drug-likeness (QED) is 0.194. The van der Waals surface area contributed by atoms with Crippen molar-refractivity contribution in [2.45, 2.75) is 45.3 Å². The van der Waals surface area contributed by atoms with E-state index in [1.807, 2.05) is 74.7 Å². The summed E-state index contributed by atoms with van der Waals surface area (Å²) in [6.07, 6.45) is 0.790. The molecular weight excluding hydrogens is 462 g/mol. The summed E-state index contributed by atoms with van der Waals surface area (Å²) in [6.45, 7) is 8.18. The van der Waals surface area contributed by atoms with Gasteiger partial charge in [-0.05, 0) is 57.5 Å². The first-order valence-electron chi connectivity index (χ1n) is 11.6. The Morgan fingerprint density at radius 3 is 2.69 bits per heavy atom. The first-order chi connectivity index (χ1) is 16.9. The van der Waals surface area contributed by atoms with Crippen LogP contribution >= 0.6 is 11.8 Å². The summed E-state index contributed by atoms with van der Waals surface area (Å²) >= 11 is 1.32. The zero-order chi connectivity index (χ0) is 24.7. The van der Waals surface area contributed by atoms with Gasteiger partial charge in [0.1, 0.15) is 0 Å². The molecule has 0 bridgehead atoms. The largest absolute Gasteiger partial charge is 0.454 e. The average Bonchev–Trinajstić information content (AvgIpc) is 3.45. The standard InChI is InChI=1S/C27H27N3O4S/c1-5-16(2)30-26(32)20-8-6-7-9-22(20)28-27(30)35-14-23(31)21-12-17(3)29(18(21)4)19-10-11-24-25(13-19)34-15-33-24/h6-13,16H,5,14-15H2,1-4H3. The van der Waals surface area contributed by atoms with Crippen LogP contribution in [0.4, 0.5) is 0 Å². The van der Waals surface area contributed by atoms with Crippen molar-refractivity contribution >= 4 is 28.4 Å². The highest BCUT2D eigenvalue weighted by Crippen LogP contribution is 2.35. The summed E-state index contributed by atoms with van der Waals surface area (Å²) in [5.74, 6) is 1.60. The zero-order valence-electron chi connectivity index (χ0n) is 20.2. The van der Waals surface area contributed by atoms with Crippen LogP contribution in [0.2, 0.25) is 0 Å². The van der Waals surface area contributed by atoms with Gasteiger partial charge in [0.15, 0.2) is 22.4 Å². The van der Waals surface area contributed by atoms with E-state index in [-0.39, 0.29) is 29.9 Å². The predicted octanol–water partition coefficient (Wildman–Crippen LogP) is 5.48. The molecule has 180 valence electrons. The molecule has 0 spiro atoms. The van der Waals surface area contributed by atoms with Crippen LogP contribution in [0.1, 0.15) is 48.1 Å². The summed E-state index contributed by atoms with van der Waals surface area (Å²) < 4.78 is 14.7. The van der Waals surface area contributed by atoms with E-state index >= 15 is 0 Å². The minimum atomic E-state index is -0.0686. The number of thioether (sulfide) groups is 1. The van der Waals surface area contributed by atoms with E-state index in [9.17, 15) is 9.59 Å². The number of ether oxygens (including phenoxy) is 2. The molecular formula is C27H27N3O4S. The number of ketones is 1. The van der Waals surface area contributed by atoms with Gasteiger partial charge in [-0.15, -0.1) is 0 Å². The summed E-state index contributed by atoms with van der Waals surface area (Å²) in [4.78, 5) is 31.3. The van der Waals surface area contributed by atoms with E-state index in [2.05, 4.69) is 0 Å². The Kier molecular flexibility index (Phi) is 6.15. The molecule has 1 aliphatic rings. The SMILES string of the molecule is CCC(C)n1c(SCC(=O)c2cc(C)n(-c3ccc4c(c3)OCO4)c2C)nc2ccccc2c1=O. The van der Waals surface area contributed by atoms with Crippen LogP contribution in [0.15, 0.2) is 58.5 Å². The highest BCUT2D eigenvalue weighted by Gasteiger charge is 2.21. The van der Waals surface area contributed by atoms with Crippen LogP contribution in [0.25, 0.3) is 16.6 Å². The van der Waals surface area contributed by atoms with Gasteiger partial charge in [0, 0.05) is 34.7 Å². The van der Waals surface area contributed by atoms with Gasteiger partial charge < -0.3 is 14.0 Å². The maximum absolute atomic E-state index is 13.3. The minimum Gasteiger partial charge on any atom is -0.454 e. The monoisotopic (exact) mass is 489 g/mol. The van der Waals surface area contributed by atoms with Crippen molar-refractivity contribution in [1.29, 1.82) is 0 Å². The van der Waals surface area contributed by atoms with Crippen molar-refractivity contribution in [2.75, 3.05) is 12.5 Å². The van der Waals surface area contributed by atoms with Gasteiger partial charge in [0.05, 0.1) is 16.7 Å². The van der Waals surface area contributed by atoms with E-state index < -0.39 is 0 Å². The lowest BCUT2D eigenvalue weighted by molar-refractivity contribution is 0.102. The lowest BCUT2D eigenvalue weighted by Gasteiger charge is -2.18. The van der Waals surface area contributed by atoms with Gasteiger partial charge >= 0.3 is 0 Å². The Morgan fingerprint density at radius 1 is 1.11 bits per heavy atom. The average molecular weight is 490 g/mol. The Labute approximate surface area is 207 Å². The fourth-order valence-corrected chi connectivity index (χ4v) is 5.45. The number of nitrogens with zero attached hydrogens (tertiary/aromatic N) is 3. The Morgan fingerprint density at radius 2 is 1.89 bits per heavy atom. The molecule has 1 atom stereocenters. The lowest BCUT2D eigenvalue weighted by Crippen LogP contribution is -2.26. The number of aryl methyl sites for hydroxylation is 1. The second kappa shape index (κ2) is 9.26. The summed E-state index contributed by atoms with van der Waals surface area (Å²) in [7, 11) is 0. The first kappa shape index (κ1) is 23.2. The Hall–Kier alpha value is -3.52. The number of Topliss-reactive ketones (excluding diaryl/α,β-unsaturated/α-hetero) is 1. The molecule has 35 heavy (non-hydrogen) atoms. The normalized spacial score (nSPS) is 13.4. The van der Waals surface area contributed by atoms with E-state index in [0.717, 1.165) is 29.2 Å². The van der Waals surface area contributed by atoms with E-state index in [1.54, 1.807) is 10.6 Å². The van der Waals surface area contributed by atoms with Crippen molar-refractivity contribution in [1.82, 2.24) is 14.1 Å². The molecule has 2 aromatic heterocycles.